The van der Waals surface area contributed by atoms with Gasteiger partial charge >= 0.3 is 0 Å². The summed E-state index contributed by atoms with van der Waals surface area (Å²) >= 11 is 9.75. The Kier molecular flexibility index (Phi) is 26.0. The lowest BCUT2D eigenvalue weighted by Crippen LogP contribution is -1.99. The summed E-state index contributed by atoms with van der Waals surface area (Å²) in [5.41, 5.74) is 38.5. The van der Waals surface area contributed by atoms with Crippen molar-refractivity contribution in [3.8, 4) is 65.8 Å². The molecule has 19 nitrogen and oxygen atoms in total. The molecule has 0 spiro atoms. The molecule has 0 saturated carbocycles. The van der Waals surface area contributed by atoms with Gasteiger partial charge in [-0.3, -0.25) is 4.98 Å². The maximum Gasteiger partial charge on any atom is 0.191 e. The van der Waals surface area contributed by atoms with Gasteiger partial charge in [-0.25, -0.2) is 44.9 Å². The third-order valence-corrected chi connectivity index (χ3v) is 19.2. The molecule has 7 aromatic heterocycles. The van der Waals surface area contributed by atoms with E-state index in [1.165, 1.54) is 38.2 Å². The number of thioether (sulfide) groups is 3. The summed E-state index contributed by atoms with van der Waals surface area (Å²) in [5, 5.41) is 4.77. The summed E-state index contributed by atoms with van der Waals surface area (Å²) in [6, 6.07) is 29.3. The molecule has 10 N–H and O–H groups in total. The largest absolute Gasteiger partial charge is 0.493 e. The molecule has 3 aromatic carbocycles. The van der Waals surface area contributed by atoms with E-state index in [4.69, 9.17) is 62.6 Å². The number of hydrogen-bond donors (Lipinski definition) is 5. The number of nitrogen functional groups attached to an aromatic ring is 5. The van der Waals surface area contributed by atoms with Gasteiger partial charge in [0.15, 0.2) is 38.5 Å². The number of hydrogen-bond acceptors (Lipinski definition) is 25. The quantitative estimate of drug-likeness (QED) is 0.0236. The molecular weight excluding hydrogens is 1250 g/mol. The maximum absolute atomic E-state index is 5.86. The predicted molar refractivity (Wildman–Crippen MR) is 374 cm³/mol. The first-order chi connectivity index (χ1) is 43.7. The average molecular weight is 1320 g/mol. The van der Waals surface area contributed by atoms with Crippen LogP contribution in [0.1, 0.15) is 104 Å². The Labute approximate surface area is 551 Å². The van der Waals surface area contributed by atoms with Gasteiger partial charge in [0.2, 0.25) is 0 Å². The molecule has 0 amide bonds. The minimum absolute atomic E-state index is 0.371. The third-order valence-electron chi connectivity index (χ3n) is 13.0. The summed E-state index contributed by atoms with van der Waals surface area (Å²) < 4.78 is 22.6. The standard InChI is InChI=1S/C23H24N6S2.C21H27N5O2S2.C21H26N4O2S2/c1-3-5-19-18(13-30-23-28-20(24)11-21(25)29-23)27-22(31-19)16-7-4-6-15(10-16)17-9-8-14(2)26-12-17;1-4-6-17-14(12-29-21-25-18(22)11-19(23)26-21)24-20(30-17)13-7-8-15(27-3)16(10-13)28-9-5-2;1-4-6-18-15(13-28-21-23-10-9-19(22)25-21)24-20(29-18)14-7-8-16(26-3)17(12-14)27-11-5-2/h4,6-12H,3,5,13H2,1-2H3,(H4,24,25,28,29);7-8,10-11H,4-6,9,12H2,1-3H3,(H4,22,23,25,26);7-10,12H,4-6,11,13H2,1-3H3,(H2,22,23,25). The second-order valence-corrected chi connectivity index (χ2v) is 26.3. The molecule has 0 unspecified atom stereocenters. The van der Waals surface area contributed by atoms with Gasteiger partial charge in [-0.15, -0.1) is 34.0 Å². The van der Waals surface area contributed by atoms with Gasteiger partial charge in [-0.1, -0.05) is 113 Å². The lowest BCUT2D eigenvalue weighted by Gasteiger charge is -2.10. The van der Waals surface area contributed by atoms with E-state index in [2.05, 4.69) is 99.8 Å². The fraction of sp³-hybridized carbons (Fsp3) is 0.323. The van der Waals surface area contributed by atoms with E-state index in [1.54, 1.807) is 84.4 Å². The molecule has 0 aliphatic rings. The number of ether oxygens (including phenoxy) is 4. The van der Waals surface area contributed by atoms with Crippen LogP contribution >= 0.6 is 69.3 Å². The molecule has 472 valence electrons. The first-order valence-corrected chi connectivity index (χ1v) is 35.0. The Hall–Kier alpha value is -7.81. The number of thiazole rings is 3. The van der Waals surface area contributed by atoms with E-state index < -0.39 is 0 Å². The zero-order valence-electron chi connectivity index (χ0n) is 51.9. The highest BCUT2D eigenvalue weighted by atomic mass is 32.2. The lowest BCUT2D eigenvalue weighted by atomic mass is 10.0. The topological polar surface area (TPSA) is 296 Å². The van der Waals surface area contributed by atoms with Crippen LogP contribution in [-0.4, -0.2) is 77.3 Å². The van der Waals surface area contributed by atoms with Crippen LogP contribution in [0.3, 0.4) is 0 Å². The molecule has 10 rings (SSSR count). The smallest absolute Gasteiger partial charge is 0.191 e. The molecule has 90 heavy (non-hydrogen) atoms. The van der Waals surface area contributed by atoms with E-state index in [-0.39, 0.29) is 0 Å². The summed E-state index contributed by atoms with van der Waals surface area (Å²) in [6.07, 6.45) is 11.6. The summed E-state index contributed by atoms with van der Waals surface area (Å²) in [6.45, 7) is 14.0. The Bertz CT molecular complexity index is 3880. The number of aromatic nitrogens is 10. The van der Waals surface area contributed by atoms with Crippen molar-refractivity contribution in [1.82, 2.24) is 49.8 Å². The lowest BCUT2D eigenvalue weighted by molar-refractivity contribution is 0.294. The van der Waals surface area contributed by atoms with Crippen LogP contribution in [0.4, 0.5) is 29.1 Å². The fourth-order valence-corrected chi connectivity index (χ4v) is 15.0. The van der Waals surface area contributed by atoms with Crippen molar-refractivity contribution in [2.45, 2.75) is 126 Å². The molecule has 0 atom stereocenters. The summed E-state index contributed by atoms with van der Waals surface area (Å²) in [4.78, 5) is 48.6. The van der Waals surface area contributed by atoms with Crippen molar-refractivity contribution in [3.63, 3.8) is 0 Å². The van der Waals surface area contributed by atoms with Crippen molar-refractivity contribution in [1.29, 1.82) is 0 Å². The number of rotatable bonds is 27. The van der Waals surface area contributed by atoms with Crippen LogP contribution in [0.2, 0.25) is 0 Å². The van der Waals surface area contributed by atoms with Crippen molar-refractivity contribution in [3.05, 3.63) is 141 Å². The van der Waals surface area contributed by atoms with Gasteiger partial charge in [0.1, 0.15) is 44.1 Å². The minimum atomic E-state index is 0.371. The van der Waals surface area contributed by atoms with Crippen LogP contribution in [-0.2, 0) is 36.5 Å². The Morgan fingerprint density at radius 1 is 0.400 bits per heavy atom. The SMILES string of the molecule is CCCOc1cc(-c2nc(CSc3nc(N)cc(N)n3)c(CCC)s2)ccc1OC.CCCOc1cc(-c2nc(CSc3nccc(N)n3)c(CCC)s2)ccc1OC.CCCc1sc(-c2cccc(-c3ccc(C)nc3)c2)nc1CSc1nc(N)cc(N)n1. The number of nitrogens with zero attached hydrogens (tertiary/aromatic N) is 10. The molecule has 0 aliphatic heterocycles. The fourth-order valence-electron chi connectivity index (χ4n) is 8.74. The molecule has 0 fully saturated rings. The average Bonchev–Trinajstić information content (AvgIpc) is 3.31. The van der Waals surface area contributed by atoms with Crippen LogP contribution in [0.25, 0.3) is 42.8 Å². The number of benzene rings is 3. The van der Waals surface area contributed by atoms with Crippen LogP contribution in [0.15, 0.2) is 119 Å². The molecule has 25 heteroatoms. The number of aryl methyl sites for hydroxylation is 4. The van der Waals surface area contributed by atoms with Crippen molar-refractivity contribution in [2.75, 3.05) is 56.1 Å². The van der Waals surface area contributed by atoms with Gasteiger partial charge in [0.25, 0.3) is 0 Å². The third kappa shape index (κ3) is 19.6. The highest BCUT2D eigenvalue weighted by molar-refractivity contribution is 7.98. The van der Waals surface area contributed by atoms with Crippen LogP contribution in [0, 0.1) is 6.92 Å². The number of nitrogens with two attached hydrogens (primary N) is 5. The zero-order chi connectivity index (χ0) is 63.9. The predicted octanol–water partition coefficient (Wildman–Crippen LogP) is 15.4. The minimum Gasteiger partial charge on any atom is -0.493 e. The van der Waals surface area contributed by atoms with Crippen molar-refractivity contribution >= 4 is 98.4 Å². The van der Waals surface area contributed by atoms with Crippen LogP contribution < -0.4 is 47.6 Å². The van der Waals surface area contributed by atoms with E-state index in [0.29, 0.717) is 75.0 Å². The normalized spacial score (nSPS) is 10.9. The molecule has 0 saturated heterocycles. The van der Waals surface area contributed by atoms with Crippen molar-refractivity contribution in [2.24, 2.45) is 0 Å². The van der Waals surface area contributed by atoms with Gasteiger partial charge in [0.05, 0.1) is 44.5 Å². The van der Waals surface area contributed by atoms with Gasteiger partial charge in [-0.2, -0.15) is 0 Å². The molecule has 0 radical (unpaired) electrons. The second-order valence-electron chi connectivity index (χ2n) is 20.2. The molecule has 0 aliphatic carbocycles. The van der Waals surface area contributed by atoms with E-state index in [0.717, 1.165) is 140 Å². The second kappa shape index (κ2) is 34.4. The number of anilines is 5. The molecule has 10 aromatic rings. The molecule has 7 heterocycles. The number of methoxy groups -OCH3 is 2. The summed E-state index contributed by atoms with van der Waals surface area (Å²) in [7, 11) is 3.31. The first kappa shape index (κ1) is 68.1. The first-order valence-electron chi connectivity index (χ1n) is 29.6. The Balaban J connectivity index is 0.000000174. The van der Waals surface area contributed by atoms with E-state index >= 15 is 0 Å². The zero-order valence-corrected chi connectivity index (χ0v) is 56.8. The Morgan fingerprint density at radius 2 is 0.811 bits per heavy atom. The number of pyridine rings is 1. The molecule has 0 bridgehead atoms. The van der Waals surface area contributed by atoms with E-state index in [1.807, 2.05) is 55.6 Å². The highest BCUT2D eigenvalue weighted by Gasteiger charge is 2.19. The van der Waals surface area contributed by atoms with Crippen molar-refractivity contribution < 1.29 is 18.9 Å². The van der Waals surface area contributed by atoms with Crippen LogP contribution in [0.5, 0.6) is 23.0 Å². The van der Waals surface area contributed by atoms with Gasteiger partial charge < -0.3 is 47.6 Å². The van der Waals surface area contributed by atoms with Gasteiger partial charge in [-0.05, 0) is 99.2 Å². The highest BCUT2D eigenvalue weighted by Crippen LogP contribution is 2.40. The van der Waals surface area contributed by atoms with E-state index in [9.17, 15) is 0 Å². The monoisotopic (exact) mass is 1320 g/mol. The Morgan fingerprint density at radius 3 is 1.21 bits per heavy atom. The summed E-state index contributed by atoms with van der Waals surface area (Å²) in [5.74, 6) is 6.98. The maximum atomic E-state index is 5.86. The molecular formula is C65H77N15O4S6. The van der Waals surface area contributed by atoms with Gasteiger partial charge in [0, 0.05) is 84.4 Å².